The highest BCUT2D eigenvalue weighted by Gasteiger charge is 2.38. The van der Waals surface area contributed by atoms with Gasteiger partial charge in [-0.25, -0.2) is 0 Å². The van der Waals surface area contributed by atoms with Gasteiger partial charge in [0.15, 0.2) is 0 Å². The maximum atomic E-state index is 6.40. The van der Waals surface area contributed by atoms with E-state index in [4.69, 9.17) is 15.2 Å². The van der Waals surface area contributed by atoms with Crippen molar-refractivity contribution in [3.8, 4) is 5.75 Å². The summed E-state index contributed by atoms with van der Waals surface area (Å²) in [6, 6.07) is 6.02. The number of methoxy groups -OCH3 is 2. The summed E-state index contributed by atoms with van der Waals surface area (Å²) in [6.45, 7) is 0.589. The van der Waals surface area contributed by atoms with Crippen LogP contribution in [0.1, 0.15) is 30.4 Å². The molecule has 16 heavy (non-hydrogen) atoms. The summed E-state index contributed by atoms with van der Waals surface area (Å²) in [4.78, 5) is 0. The summed E-state index contributed by atoms with van der Waals surface area (Å²) in [5.41, 5.74) is 8.46. The molecule has 1 aliphatic carbocycles. The highest BCUT2D eigenvalue weighted by atomic mass is 16.5. The summed E-state index contributed by atoms with van der Waals surface area (Å²) in [6.07, 6.45) is 3.26. The maximum absolute atomic E-state index is 6.40. The third-order valence-corrected chi connectivity index (χ3v) is 3.38. The van der Waals surface area contributed by atoms with Crippen LogP contribution in [-0.2, 0) is 16.9 Å². The number of hydrogen-bond acceptors (Lipinski definition) is 3. The van der Waals surface area contributed by atoms with Crippen molar-refractivity contribution < 1.29 is 9.47 Å². The number of benzene rings is 1. The fourth-order valence-electron chi connectivity index (χ4n) is 2.40. The molecule has 0 radical (unpaired) electrons. The van der Waals surface area contributed by atoms with E-state index in [0.29, 0.717) is 6.61 Å². The zero-order valence-corrected chi connectivity index (χ0v) is 9.95. The van der Waals surface area contributed by atoms with Gasteiger partial charge in [-0.05, 0) is 30.9 Å². The van der Waals surface area contributed by atoms with Crippen LogP contribution in [0, 0.1) is 0 Å². The van der Waals surface area contributed by atoms with Gasteiger partial charge in [-0.3, -0.25) is 0 Å². The van der Waals surface area contributed by atoms with Crippen molar-refractivity contribution >= 4 is 0 Å². The Bertz CT molecular complexity index is 372. The van der Waals surface area contributed by atoms with E-state index in [1.54, 1.807) is 14.2 Å². The predicted molar refractivity (Wildman–Crippen MR) is 63.4 cm³/mol. The second-order valence-corrected chi connectivity index (χ2v) is 4.44. The topological polar surface area (TPSA) is 44.5 Å². The second-order valence-electron chi connectivity index (χ2n) is 4.44. The van der Waals surface area contributed by atoms with Crippen molar-refractivity contribution in [2.24, 2.45) is 5.73 Å². The minimum Gasteiger partial charge on any atom is -0.496 e. The minimum atomic E-state index is -0.208. The van der Waals surface area contributed by atoms with Gasteiger partial charge in [-0.1, -0.05) is 12.1 Å². The molecular weight excluding hydrogens is 202 g/mol. The fourth-order valence-corrected chi connectivity index (χ4v) is 2.40. The molecule has 0 aromatic heterocycles. The van der Waals surface area contributed by atoms with Crippen LogP contribution >= 0.6 is 0 Å². The molecule has 0 unspecified atom stereocenters. The Morgan fingerprint density at radius 3 is 2.56 bits per heavy atom. The van der Waals surface area contributed by atoms with Crippen LogP contribution in [0.25, 0.3) is 0 Å². The Kier molecular flexibility index (Phi) is 3.17. The smallest absolute Gasteiger partial charge is 0.124 e. The molecule has 0 amide bonds. The molecular formula is C13H19NO2. The van der Waals surface area contributed by atoms with Crippen molar-refractivity contribution in [1.29, 1.82) is 0 Å². The lowest BCUT2D eigenvalue weighted by atomic mass is 9.71. The molecule has 0 saturated heterocycles. The number of ether oxygens (including phenoxy) is 2. The summed E-state index contributed by atoms with van der Waals surface area (Å²) in [7, 11) is 3.39. The summed E-state index contributed by atoms with van der Waals surface area (Å²) in [5.74, 6) is 0.886. The van der Waals surface area contributed by atoms with Crippen LogP contribution in [0.3, 0.4) is 0 Å². The van der Waals surface area contributed by atoms with E-state index in [9.17, 15) is 0 Å². The summed E-state index contributed by atoms with van der Waals surface area (Å²) in [5, 5.41) is 0. The van der Waals surface area contributed by atoms with E-state index in [0.717, 1.165) is 29.7 Å². The summed E-state index contributed by atoms with van der Waals surface area (Å²) >= 11 is 0. The van der Waals surface area contributed by atoms with Crippen molar-refractivity contribution in [2.45, 2.75) is 31.4 Å². The Balaban J connectivity index is 2.45. The standard InChI is InChI=1S/C13H19NO2/c1-15-9-10-5-3-6-11(16-2)12(10)13(14)7-4-8-13/h3,5-6H,4,7-9,14H2,1-2H3. The molecule has 3 heteroatoms. The first-order valence-electron chi connectivity index (χ1n) is 5.65. The van der Waals surface area contributed by atoms with Crippen molar-refractivity contribution in [3.05, 3.63) is 29.3 Å². The van der Waals surface area contributed by atoms with Crippen molar-refractivity contribution in [1.82, 2.24) is 0 Å². The van der Waals surface area contributed by atoms with E-state index in [1.165, 1.54) is 6.42 Å². The monoisotopic (exact) mass is 221 g/mol. The van der Waals surface area contributed by atoms with Crippen LogP contribution < -0.4 is 10.5 Å². The molecule has 0 bridgehead atoms. The van der Waals surface area contributed by atoms with Gasteiger partial charge in [-0.15, -0.1) is 0 Å². The first kappa shape index (κ1) is 11.4. The number of hydrogen-bond donors (Lipinski definition) is 1. The first-order valence-corrected chi connectivity index (χ1v) is 5.65. The number of nitrogens with two attached hydrogens (primary N) is 1. The Morgan fingerprint density at radius 2 is 2.06 bits per heavy atom. The van der Waals surface area contributed by atoms with Gasteiger partial charge >= 0.3 is 0 Å². The highest BCUT2D eigenvalue weighted by molar-refractivity contribution is 5.46. The third-order valence-electron chi connectivity index (χ3n) is 3.38. The van der Waals surface area contributed by atoms with Crippen LogP contribution in [0.2, 0.25) is 0 Å². The zero-order chi connectivity index (χ0) is 11.6. The normalized spacial score (nSPS) is 17.9. The van der Waals surface area contributed by atoms with Crippen molar-refractivity contribution in [3.63, 3.8) is 0 Å². The molecule has 2 rings (SSSR count). The lowest BCUT2D eigenvalue weighted by Gasteiger charge is -2.40. The lowest BCUT2D eigenvalue weighted by Crippen LogP contribution is -2.44. The fraction of sp³-hybridized carbons (Fsp3) is 0.538. The van der Waals surface area contributed by atoms with Crippen LogP contribution in [-0.4, -0.2) is 14.2 Å². The highest BCUT2D eigenvalue weighted by Crippen LogP contribution is 2.44. The second kappa shape index (κ2) is 4.44. The van der Waals surface area contributed by atoms with E-state index in [2.05, 4.69) is 6.07 Å². The molecule has 1 aromatic rings. The van der Waals surface area contributed by atoms with Crippen LogP contribution in [0.5, 0.6) is 5.75 Å². The SMILES string of the molecule is COCc1cccc(OC)c1C1(N)CCC1. The van der Waals surface area contributed by atoms with E-state index < -0.39 is 0 Å². The van der Waals surface area contributed by atoms with Gasteiger partial charge in [0.2, 0.25) is 0 Å². The van der Waals surface area contributed by atoms with Gasteiger partial charge in [0.25, 0.3) is 0 Å². The molecule has 1 saturated carbocycles. The molecule has 3 nitrogen and oxygen atoms in total. The predicted octanol–water partition coefficient (Wildman–Crippen LogP) is 2.18. The Hall–Kier alpha value is -1.06. The average Bonchev–Trinajstić information content (AvgIpc) is 2.26. The summed E-state index contributed by atoms with van der Waals surface area (Å²) < 4.78 is 10.6. The molecule has 1 aliphatic rings. The van der Waals surface area contributed by atoms with E-state index >= 15 is 0 Å². The lowest BCUT2D eigenvalue weighted by molar-refractivity contribution is 0.176. The first-order chi connectivity index (χ1) is 7.71. The molecule has 1 fully saturated rings. The molecule has 1 aromatic carbocycles. The van der Waals surface area contributed by atoms with Gasteiger partial charge < -0.3 is 15.2 Å². The molecule has 0 heterocycles. The number of rotatable bonds is 4. The Morgan fingerprint density at radius 1 is 1.31 bits per heavy atom. The van der Waals surface area contributed by atoms with E-state index in [-0.39, 0.29) is 5.54 Å². The molecule has 0 spiro atoms. The van der Waals surface area contributed by atoms with Gasteiger partial charge in [-0.2, -0.15) is 0 Å². The average molecular weight is 221 g/mol. The molecule has 0 aliphatic heterocycles. The van der Waals surface area contributed by atoms with Crippen LogP contribution in [0.4, 0.5) is 0 Å². The van der Waals surface area contributed by atoms with Gasteiger partial charge in [0.05, 0.1) is 13.7 Å². The molecule has 2 N–H and O–H groups in total. The molecule has 0 atom stereocenters. The van der Waals surface area contributed by atoms with Crippen LogP contribution in [0.15, 0.2) is 18.2 Å². The molecule has 88 valence electrons. The largest absolute Gasteiger partial charge is 0.496 e. The van der Waals surface area contributed by atoms with Gasteiger partial charge in [0, 0.05) is 18.2 Å². The Labute approximate surface area is 96.5 Å². The third kappa shape index (κ3) is 1.81. The quantitative estimate of drug-likeness (QED) is 0.847. The zero-order valence-electron chi connectivity index (χ0n) is 9.95. The van der Waals surface area contributed by atoms with E-state index in [1.807, 2.05) is 12.1 Å². The van der Waals surface area contributed by atoms with Gasteiger partial charge in [0.1, 0.15) is 5.75 Å². The minimum absolute atomic E-state index is 0.208. The maximum Gasteiger partial charge on any atom is 0.124 e. The van der Waals surface area contributed by atoms with Crippen molar-refractivity contribution in [2.75, 3.05) is 14.2 Å².